The van der Waals surface area contributed by atoms with E-state index in [1.807, 2.05) is 31.2 Å². The molecule has 12 heteroatoms. The number of carbonyl (C=O) groups excluding carboxylic acids is 1. The maximum Gasteiger partial charge on any atom is 0.294 e. The van der Waals surface area contributed by atoms with E-state index >= 15 is 0 Å². The van der Waals surface area contributed by atoms with Crippen molar-refractivity contribution in [2.45, 2.75) is 6.92 Å². The zero-order valence-electron chi connectivity index (χ0n) is 16.7. The van der Waals surface area contributed by atoms with E-state index in [-0.39, 0.29) is 24.1 Å². The maximum atomic E-state index is 12.9. The molecule has 1 aliphatic heterocycles. The molecule has 5 rings (SSSR count). The van der Waals surface area contributed by atoms with Crippen molar-refractivity contribution in [3.05, 3.63) is 59.3 Å². The monoisotopic (exact) mass is 432 g/mol. The van der Waals surface area contributed by atoms with Crippen molar-refractivity contribution >= 4 is 17.9 Å². The topological polar surface area (TPSA) is 156 Å². The van der Waals surface area contributed by atoms with E-state index in [1.165, 1.54) is 10.9 Å². The Morgan fingerprint density at radius 2 is 1.97 bits per heavy atom. The highest BCUT2D eigenvalue weighted by molar-refractivity contribution is 5.99. The van der Waals surface area contributed by atoms with E-state index in [2.05, 4.69) is 35.8 Å². The molecule has 0 saturated carbocycles. The Labute approximate surface area is 180 Å². The van der Waals surface area contributed by atoms with E-state index in [4.69, 9.17) is 15.2 Å². The minimum absolute atomic E-state index is 0.00711. The Hall–Kier alpha value is -4.74. The Bertz CT molecular complexity index is 1330. The van der Waals surface area contributed by atoms with Crippen molar-refractivity contribution in [2.75, 3.05) is 12.5 Å². The van der Waals surface area contributed by atoms with Gasteiger partial charge in [-0.25, -0.2) is 10.1 Å². The third-order valence-corrected chi connectivity index (χ3v) is 4.68. The molecule has 0 radical (unpaired) electrons. The Kier molecular flexibility index (Phi) is 4.71. The number of benzene rings is 2. The van der Waals surface area contributed by atoms with E-state index in [9.17, 15) is 4.79 Å². The minimum atomic E-state index is -0.581. The predicted octanol–water partition coefficient (Wildman–Crippen LogP) is 1.70. The zero-order valence-corrected chi connectivity index (χ0v) is 16.7. The molecule has 0 bridgehead atoms. The molecular formula is C20H16N8O4. The van der Waals surface area contributed by atoms with Crippen LogP contribution in [0.3, 0.4) is 0 Å². The normalized spacial score (nSPS) is 12.4. The lowest BCUT2D eigenvalue weighted by Crippen LogP contribution is -2.19. The molecule has 3 heterocycles. The Morgan fingerprint density at radius 3 is 2.75 bits per heavy atom. The number of hydrazone groups is 1. The number of carbonyl (C=O) groups is 1. The van der Waals surface area contributed by atoms with E-state index < -0.39 is 5.91 Å². The first-order chi connectivity index (χ1) is 15.6. The standard InChI is InChI=1S/C20H16N8O4/c1-11-2-4-12(5-3-11)9-22-24-20(29)16-17(13-6-7-14-15(8-13)31-10-30-14)28(27-23-16)19-18(21)25-32-26-19/h2-9H,10H2,1H3,(H2,21,25)(H,24,29). The van der Waals surface area contributed by atoms with Crippen molar-refractivity contribution < 1.29 is 18.9 Å². The van der Waals surface area contributed by atoms with Gasteiger partial charge in [-0.2, -0.15) is 9.78 Å². The first-order valence-corrected chi connectivity index (χ1v) is 9.44. The van der Waals surface area contributed by atoms with Gasteiger partial charge >= 0.3 is 0 Å². The third-order valence-electron chi connectivity index (χ3n) is 4.68. The number of amides is 1. The highest BCUT2D eigenvalue weighted by atomic mass is 16.7. The maximum absolute atomic E-state index is 12.9. The molecule has 0 atom stereocenters. The Balaban J connectivity index is 1.51. The van der Waals surface area contributed by atoms with Crippen LogP contribution in [0.15, 0.2) is 52.2 Å². The van der Waals surface area contributed by atoms with Crippen LogP contribution >= 0.6 is 0 Å². The highest BCUT2D eigenvalue weighted by Crippen LogP contribution is 2.37. The molecule has 0 spiro atoms. The summed E-state index contributed by atoms with van der Waals surface area (Å²) in [4.78, 5) is 12.9. The molecule has 4 aromatic rings. The molecule has 2 aromatic heterocycles. The number of nitrogen functional groups attached to an aromatic ring is 1. The Morgan fingerprint density at radius 1 is 1.16 bits per heavy atom. The molecule has 2 aromatic carbocycles. The van der Waals surface area contributed by atoms with Gasteiger partial charge in [-0.05, 0) is 41.0 Å². The summed E-state index contributed by atoms with van der Waals surface area (Å²) in [5.41, 5.74) is 11.1. The first kappa shape index (κ1) is 19.2. The number of fused-ring (bicyclic) bond motifs is 1. The molecule has 0 saturated heterocycles. The lowest BCUT2D eigenvalue weighted by Gasteiger charge is -2.07. The number of hydrogen-bond donors (Lipinski definition) is 2. The van der Waals surface area contributed by atoms with Crippen LogP contribution < -0.4 is 20.6 Å². The fourth-order valence-electron chi connectivity index (χ4n) is 3.09. The number of nitrogens with one attached hydrogen (secondary N) is 1. The summed E-state index contributed by atoms with van der Waals surface area (Å²) in [6.07, 6.45) is 1.53. The van der Waals surface area contributed by atoms with Crippen molar-refractivity contribution in [1.82, 2.24) is 30.7 Å². The number of rotatable bonds is 5. The molecule has 3 N–H and O–H groups in total. The lowest BCUT2D eigenvalue weighted by molar-refractivity contribution is 0.0950. The molecular weight excluding hydrogens is 416 g/mol. The summed E-state index contributed by atoms with van der Waals surface area (Å²) >= 11 is 0. The van der Waals surface area contributed by atoms with Crippen molar-refractivity contribution in [3.8, 4) is 28.6 Å². The van der Waals surface area contributed by atoms with Crippen LogP contribution in [-0.4, -0.2) is 44.2 Å². The van der Waals surface area contributed by atoms with Crippen molar-refractivity contribution in [1.29, 1.82) is 0 Å². The summed E-state index contributed by atoms with van der Waals surface area (Å²) in [5.74, 6) is 0.602. The number of nitrogens with two attached hydrogens (primary N) is 1. The van der Waals surface area contributed by atoms with Gasteiger partial charge in [0, 0.05) is 5.56 Å². The number of aryl methyl sites for hydroxylation is 1. The van der Waals surface area contributed by atoms with Gasteiger partial charge in [0.1, 0.15) is 5.69 Å². The van der Waals surface area contributed by atoms with Gasteiger partial charge in [0.2, 0.25) is 18.4 Å². The summed E-state index contributed by atoms with van der Waals surface area (Å²) in [6.45, 7) is 2.10. The van der Waals surface area contributed by atoms with Crippen LogP contribution in [-0.2, 0) is 0 Å². The fraction of sp³-hybridized carbons (Fsp3) is 0.100. The van der Waals surface area contributed by atoms with Crippen LogP contribution in [0.2, 0.25) is 0 Å². The highest BCUT2D eigenvalue weighted by Gasteiger charge is 2.26. The average Bonchev–Trinajstić information content (AvgIpc) is 3.53. The quantitative estimate of drug-likeness (QED) is 0.354. The van der Waals surface area contributed by atoms with Gasteiger partial charge in [0.05, 0.1) is 6.21 Å². The van der Waals surface area contributed by atoms with Gasteiger partial charge in [-0.1, -0.05) is 35.0 Å². The number of nitrogens with zero attached hydrogens (tertiary/aromatic N) is 6. The molecule has 160 valence electrons. The van der Waals surface area contributed by atoms with Crippen molar-refractivity contribution in [2.24, 2.45) is 5.10 Å². The van der Waals surface area contributed by atoms with Crippen LogP contribution in [0.1, 0.15) is 21.6 Å². The van der Waals surface area contributed by atoms with Crippen LogP contribution in [0.5, 0.6) is 11.5 Å². The average molecular weight is 432 g/mol. The molecule has 0 fully saturated rings. The van der Waals surface area contributed by atoms with Crippen LogP contribution in [0.25, 0.3) is 17.1 Å². The third kappa shape index (κ3) is 3.49. The zero-order chi connectivity index (χ0) is 22.1. The molecule has 0 aliphatic carbocycles. The number of hydrogen-bond acceptors (Lipinski definition) is 10. The molecule has 1 aliphatic rings. The minimum Gasteiger partial charge on any atom is -0.454 e. The molecule has 0 unspecified atom stereocenters. The SMILES string of the molecule is Cc1ccc(C=NNC(=O)c2nnn(-c3nonc3N)c2-c2ccc3c(c2)OCO3)cc1. The second kappa shape index (κ2) is 7.83. The predicted molar refractivity (Wildman–Crippen MR) is 111 cm³/mol. The second-order valence-corrected chi connectivity index (χ2v) is 6.85. The lowest BCUT2D eigenvalue weighted by atomic mass is 10.1. The summed E-state index contributed by atoms with van der Waals surface area (Å²) in [5, 5.41) is 19.4. The summed E-state index contributed by atoms with van der Waals surface area (Å²) in [7, 11) is 0. The molecule has 32 heavy (non-hydrogen) atoms. The van der Waals surface area contributed by atoms with Gasteiger partial charge < -0.3 is 15.2 Å². The van der Waals surface area contributed by atoms with Crippen LogP contribution in [0.4, 0.5) is 5.82 Å². The van der Waals surface area contributed by atoms with Crippen molar-refractivity contribution in [3.63, 3.8) is 0 Å². The number of anilines is 1. The summed E-state index contributed by atoms with van der Waals surface area (Å²) in [6, 6.07) is 12.8. The first-order valence-electron chi connectivity index (χ1n) is 9.44. The van der Waals surface area contributed by atoms with E-state index in [1.54, 1.807) is 18.2 Å². The van der Waals surface area contributed by atoms with Crippen LogP contribution in [0, 0.1) is 6.92 Å². The second-order valence-electron chi connectivity index (χ2n) is 6.85. The summed E-state index contributed by atoms with van der Waals surface area (Å²) < 4.78 is 16.7. The molecule has 12 nitrogen and oxygen atoms in total. The van der Waals surface area contributed by atoms with Gasteiger partial charge in [0.15, 0.2) is 17.2 Å². The smallest absolute Gasteiger partial charge is 0.294 e. The molecule has 1 amide bonds. The fourth-order valence-corrected chi connectivity index (χ4v) is 3.09. The number of aromatic nitrogens is 5. The van der Waals surface area contributed by atoms with E-state index in [0.717, 1.165) is 11.1 Å². The van der Waals surface area contributed by atoms with Gasteiger partial charge in [-0.15, -0.1) is 5.10 Å². The van der Waals surface area contributed by atoms with Gasteiger partial charge in [0.25, 0.3) is 5.91 Å². The van der Waals surface area contributed by atoms with E-state index in [0.29, 0.717) is 22.8 Å². The van der Waals surface area contributed by atoms with Gasteiger partial charge in [-0.3, -0.25) is 4.79 Å². The largest absolute Gasteiger partial charge is 0.454 e. The number of ether oxygens (including phenoxy) is 2.